The van der Waals surface area contributed by atoms with Crippen LogP contribution in [-0.4, -0.2) is 50.8 Å². The summed E-state index contributed by atoms with van der Waals surface area (Å²) in [6.45, 7) is 3.82. The van der Waals surface area contributed by atoms with Crippen LogP contribution in [0.4, 0.5) is 0 Å². The number of ether oxygens (including phenoxy) is 3. The first-order valence-corrected chi connectivity index (χ1v) is 10.3. The molecule has 154 valence electrons. The summed E-state index contributed by atoms with van der Waals surface area (Å²) in [6.07, 6.45) is 3.20. The van der Waals surface area contributed by atoms with Crippen molar-refractivity contribution in [2.75, 3.05) is 40.0 Å². The number of likely N-dealkylation sites (tertiary alicyclic amines) is 1. The van der Waals surface area contributed by atoms with Crippen molar-refractivity contribution >= 4 is 5.91 Å². The number of hydrogen-bond acceptors (Lipinski definition) is 5. The maximum atomic E-state index is 12.9. The van der Waals surface area contributed by atoms with Gasteiger partial charge in [0.2, 0.25) is 0 Å². The van der Waals surface area contributed by atoms with Crippen LogP contribution in [0.1, 0.15) is 41.2 Å². The number of rotatable bonds is 6. The molecule has 1 N–H and O–H groups in total. The van der Waals surface area contributed by atoms with E-state index in [1.165, 1.54) is 12.8 Å². The molecule has 1 unspecified atom stereocenters. The molecule has 1 fully saturated rings. The third-order valence-corrected chi connectivity index (χ3v) is 5.55. The van der Waals surface area contributed by atoms with Crippen LogP contribution in [0.2, 0.25) is 0 Å². The van der Waals surface area contributed by atoms with E-state index in [9.17, 15) is 4.79 Å². The Bertz CT molecular complexity index is 849. The van der Waals surface area contributed by atoms with E-state index in [0.717, 1.165) is 30.8 Å². The van der Waals surface area contributed by atoms with Gasteiger partial charge in [0.1, 0.15) is 5.75 Å². The molecule has 0 spiro atoms. The Morgan fingerprint density at radius 3 is 2.62 bits per heavy atom. The SMILES string of the molecule is COc1ccccc1C(CNC(=O)c1ccc2c(c1)OCCCO2)N1CCCC1. The first-order chi connectivity index (χ1) is 14.3. The van der Waals surface area contributed by atoms with Gasteiger partial charge in [0.15, 0.2) is 11.5 Å². The molecule has 29 heavy (non-hydrogen) atoms. The molecule has 2 heterocycles. The number of para-hydroxylation sites is 1. The van der Waals surface area contributed by atoms with E-state index in [1.807, 2.05) is 24.3 Å². The Balaban J connectivity index is 1.50. The Labute approximate surface area is 171 Å². The predicted molar refractivity (Wildman–Crippen MR) is 111 cm³/mol. The summed E-state index contributed by atoms with van der Waals surface area (Å²) in [5.74, 6) is 2.08. The third kappa shape index (κ3) is 4.48. The molecule has 2 aromatic carbocycles. The van der Waals surface area contributed by atoms with Crippen LogP contribution in [-0.2, 0) is 0 Å². The van der Waals surface area contributed by atoms with Gasteiger partial charge in [-0.25, -0.2) is 0 Å². The number of nitrogens with one attached hydrogen (secondary N) is 1. The highest BCUT2D eigenvalue weighted by molar-refractivity contribution is 5.94. The van der Waals surface area contributed by atoms with E-state index in [0.29, 0.717) is 36.8 Å². The van der Waals surface area contributed by atoms with Crippen molar-refractivity contribution in [1.82, 2.24) is 10.2 Å². The summed E-state index contributed by atoms with van der Waals surface area (Å²) in [7, 11) is 1.69. The molecule has 2 aliphatic heterocycles. The van der Waals surface area contributed by atoms with E-state index < -0.39 is 0 Å². The zero-order chi connectivity index (χ0) is 20.1. The number of nitrogens with zero attached hydrogens (tertiary/aromatic N) is 1. The normalized spacial score (nSPS) is 17.4. The molecule has 4 rings (SSSR count). The maximum absolute atomic E-state index is 12.9. The molecule has 0 aromatic heterocycles. The fourth-order valence-electron chi connectivity index (χ4n) is 4.03. The summed E-state index contributed by atoms with van der Waals surface area (Å²) in [5, 5.41) is 3.12. The smallest absolute Gasteiger partial charge is 0.251 e. The first kappa shape index (κ1) is 19.6. The molecule has 6 heteroatoms. The Hall–Kier alpha value is -2.73. The molecule has 0 radical (unpaired) electrons. The van der Waals surface area contributed by atoms with Gasteiger partial charge in [0.25, 0.3) is 5.91 Å². The number of carbonyl (C=O) groups excluding carboxylic acids is 1. The van der Waals surface area contributed by atoms with Crippen LogP contribution >= 0.6 is 0 Å². The van der Waals surface area contributed by atoms with Crippen molar-refractivity contribution in [3.63, 3.8) is 0 Å². The number of methoxy groups -OCH3 is 1. The van der Waals surface area contributed by atoms with Crippen molar-refractivity contribution < 1.29 is 19.0 Å². The van der Waals surface area contributed by atoms with E-state index in [4.69, 9.17) is 14.2 Å². The monoisotopic (exact) mass is 396 g/mol. The summed E-state index contributed by atoms with van der Waals surface area (Å²) < 4.78 is 17.0. The zero-order valence-electron chi connectivity index (χ0n) is 16.9. The van der Waals surface area contributed by atoms with Crippen LogP contribution in [0.3, 0.4) is 0 Å². The van der Waals surface area contributed by atoms with E-state index in [2.05, 4.69) is 16.3 Å². The van der Waals surface area contributed by atoms with Gasteiger partial charge in [0, 0.05) is 24.1 Å². The summed E-state index contributed by atoms with van der Waals surface area (Å²) in [5.41, 5.74) is 1.69. The average molecular weight is 396 g/mol. The number of amides is 1. The first-order valence-electron chi connectivity index (χ1n) is 10.3. The standard InChI is InChI=1S/C23H28N2O4/c1-27-20-8-3-2-7-18(20)19(25-11-4-5-12-25)16-24-23(26)17-9-10-21-22(15-17)29-14-6-13-28-21/h2-3,7-10,15,19H,4-6,11-14,16H2,1H3,(H,24,26). The minimum atomic E-state index is -0.111. The molecule has 0 bridgehead atoms. The second kappa shape index (κ2) is 9.18. The molecule has 1 saturated heterocycles. The molecular weight excluding hydrogens is 368 g/mol. The molecule has 1 atom stereocenters. The van der Waals surface area contributed by atoms with E-state index in [-0.39, 0.29) is 11.9 Å². The van der Waals surface area contributed by atoms with E-state index >= 15 is 0 Å². The van der Waals surface area contributed by atoms with Gasteiger partial charge >= 0.3 is 0 Å². The molecular formula is C23H28N2O4. The molecule has 2 aliphatic rings. The van der Waals surface area contributed by atoms with Gasteiger partial charge in [-0.15, -0.1) is 0 Å². The van der Waals surface area contributed by atoms with Gasteiger partial charge in [-0.3, -0.25) is 9.69 Å². The molecule has 6 nitrogen and oxygen atoms in total. The lowest BCUT2D eigenvalue weighted by Gasteiger charge is -2.29. The molecule has 1 amide bonds. The van der Waals surface area contributed by atoms with Gasteiger partial charge < -0.3 is 19.5 Å². The highest BCUT2D eigenvalue weighted by Crippen LogP contribution is 2.32. The van der Waals surface area contributed by atoms with Crippen molar-refractivity contribution in [1.29, 1.82) is 0 Å². The van der Waals surface area contributed by atoms with Crippen LogP contribution in [0, 0.1) is 0 Å². The molecule has 0 saturated carbocycles. The number of fused-ring (bicyclic) bond motifs is 1. The quantitative estimate of drug-likeness (QED) is 0.811. The third-order valence-electron chi connectivity index (χ3n) is 5.55. The lowest BCUT2D eigenvalue weighted by molar-refractivity contribution is 0.0937. The van der Waals surface area contributed by atoms with Crippen LogP contribution in [0.15, 0.2) is 42.5 Å². The highest BCUT2D eigenvalue weighted by atomic mass is 16.5. The Morgan fingerprint density at radius 2 is 1.83 bits per heavy atom. The van der Waals surface area contributed by atoms with E-state index in [1.54, 1.807) is 19.2 Å². The Morgan fingerprint density at radius 1 is 1.07 bits per heavy atom. The van der Waals surface area contributed by atoms with Crippen LogP contribution in [0.25, 0.3) is 0 Å². The minimum Gasteiger partial charge on any atom is -0.496 e. The maximum Gasteiger partial charge on any atom is 0.251 e. The summed E-state index contributed by atoms with van der Waals surface area (Å²) in [4.78, 5) is 15.3. The zero-order valence-corrected chi connectivity index (χ0v) is 16.9. The van der Waals surface area contributed by atoms with Crippen molar-refractivity contribution in [3.8, 4) is 17.2 Å². The average Bonchev–Trinajstić information content (AvgIpc) is 3.18. The van der Waals surface area contributed by atoms with Crippen LogP contribution in [0.5, 0.6) is 17.2 Å². The fourth-order valence-corrected chi connectivity index (χ4v) is 4.03. The van der Waals surface area contributed by atoms with Crippen molar-refractivity contribution in [2.45, 2.75) is 25.3 Å². The number of hydrogen-bond donors (Lipinski definition) is 1. The predicted octanol–water partition coefficient (Wildman–Crippen LogP) is 3.42. The van der Waals surface area contributed by atoms with Crippen LogP contribution < -0.4 is 19.5 Å². The second-order valence-electron chi connectivity index (χ2n) is 7.42. The molecule has 2 aromatic rings. The second-order valence-corrected chi connectivity index (χ2v) is 7.42. The highest BCUT2D eigenvalue weighted by Gasteiger charge is 2.26. The lowest BCUT2D eigenvalue weighted by atomic mass is 10.0. The van der Waals surface area contributed by atoms with Gasteiger partial charge in [0.05, 0.1) is 26.4 Å². The summed E-state index contributed by atoms with van der Waals surface area (Å²) >= 11 is 0. The topological polar surface area (TPSA) is 60.0 Å². The van der Waals surface area contributed by atoms with Gasteiger partial charge in [-0.2, -0.15) is 0 Å². The fraction of sp³-hybridized carbons (Fsp3) is 0.435. The van der Waals surface area contributed by atoms with Crippen molar-refractivity contribution in [2.24, 2.45) is 0 Å². The molecule has 0 aliphatic carbocycles. The summed E-state index contributed by atoms with van der Waals surface area (Å²) in [6, 6.07) is 13.5. The van der Waals surface area contributed by atoms with Crippen molar-refractivity contribution in [3.05, 3.63) is 53.6 Å². The lowest BCUT2D eigenvalue weighted by Crippen LogP contribution is -2.37. The largest absolute Gasteiger partial charge is 0.496 e. The van der Waals surface area contributed by atoms with Gasteiger partial charge in [-0.05, 0) is 50.2 Å². The number of carbonyl (C=O) groups is 1. The number of benzene rings is 2. The minimum absolute atomic E-state index is 0.0815. The van der Waals surface area contributed by atoms with Gasteiger partial charge in [-0.1, -0.05) is 18.2 Å². The Kier molecular flexibility index (Phi) is 6.20.